The Hall–Kier alpha value is -3.29. The number of pyridine rings is 1. The third kappa shape index (κ3) is 9.23. The first-order valence-electron chi connectivity index (χ1n) is 13.7. The third-order valence-electron chi connectivity index (χ3n) is 7.25. The van der Waals surface area contributed by atoms with Gasteiger partial charge in [-0.2, -0.15) is 0 Å². The lowest BCUT2D eigenvalue weighted by molar-refractivity contribution is -0.156. The Morgan fingerprint density at radius 3 is 2.34 bits per heavy atom. The van der Waals surface area contributed by atoms with Gasteiger partial charge in [-0.3, -0.25) is 9.59 Å². The molecule has 1 fully saturated rings. The minimum Gasteiger partial charge on any atom is -0.504 e. The zero-order chi connectivity index (χ0) is 27.5. The maximum absolute atomic E-state index is 12.0. The van der Waals surface area contributed by atoms with Crippen LogP contribution >= 0.6 is 0 Å². The Bertz CT molecular complexity index is 1060. The Morgan fingerprint density at radius 1 is 1.03 bits per heavy atom. The number of aryl methyl sites for hydroxylation is 1. The molecule has 208 valence electrons. The number of nitrogen functional groups attached to an aromatic ring is 1. The molecular formula is C30H42N2O6. The van der Waals surface area contributed by atoms with Gasteiger partial charge in [0.15, 0.2) is 11.5 Å². The van der Waals surface area contributed by atoms with E-state index in [1.54, 1.807) is 12.3 Å². The topological polar surface area (TPSA) is 121 Å². The van der Waals surface area contributed by atoms with Gasteiger partial charge in [0.05, 0.1) is 7.11 Å². The number of aromatic nitrogens is 1. The maximum atomic E-state index is 12.0. The van der Waals surface area contributed by atoms with Gasteiger partial charge < -0.3 is 25.1 Å². The number of nitrogens with two attached hydrogens (primary N) is 1. The quantitative estimate of drug-likeness (QED) is 0.367. The molecule has 0 aliphatic heterocycles. The molecule has 0 radical (unpaired) electrons. The Morgan fingerprint density at radius 2 is 1.71 bits per heavy atom. The first kappa shape index (κ1) is 29.3. The Balaban J connectivity index is 1.77. The number of methoxy groups -OCH3 is 1. The molecule has 8 heteroatoms. The van der Waals surface area contributed by atoms with Crippen molar-refractivity contribution in [3.63, 3.8) is 0 Å². The van der Waals surface area contributed by atoms with Crippen LogP contribution in [0.3, 0.4) is 0 Å². The number of phenolic OH excluding ortho intramolecular Hbond substituents is 1. The fourth-order valence-electron chi connectivity index (χ4n) is 5.44. The van der Waals surface area contributed by atoms with E-state index in [-0.39, 0.29) is 29.7 Å². The van der Waals surface area contributed by atoms with Gasteiger partial charge in [-0.05, 0) is 60.9 Å². The van der Waals surface area contributed by atoms with E-state index in [2.05, 4.69) is 4.98 Å². The molecule has 0 bridgehead atoms. The number of rotatable bonds is 11. The minimum atomic E-state index is -0.398. The number of benzene rings is 1. The van der Waals surface area contributed by atoms with Crippen LogP contribution in [0.4, 0.5) is 5.82 Å². The summed E-state index contributed by atoms with van der Waals surface area (Å²) in [6, 6.07) is 7.39. The van der Waals surface area contributed by atoms with E-state index in [1.807, 2.05) is 18.2 Å². The minimum absolute atomic E-state index is 0.0855. The lowest BCUT2D eigenvalue weighted by atomic mass is 9.84. The highest BCUT2D eigenvalue weighted by Crippen LogP contribution is 2.34. The number of esters is 2. The van der Waals surface area contributed by atoms with Crippen molar-refractivity contribution in [3.05, 3.63) is 47.2 Å². The van der Waals surface area contributed by atoms with Gasteiger partial charge in [-0.1, -0.05) is 38.2 Å². The predicted octanol–water partition coefficient (Wildman–Crippen LogP) is 5.52. The molecule has 0 saturated heterocycles. The second-order valence-corrected chi connectivity index (χ2v) is 10.3. The zero-order valence-electron chi connectivity index (χ0n) is 22.9. The second-order valence-electron chi connectivity index (χ2n) is 10.3. The lowest BCUT2D eigenvalue weighted by Gasteiger charge is -2.31. The standard InChI is InChI=1S/C30H42N2O6/c1-20(33)37-26(19-27(38-21(2)34)24-9-7-5-4-6-8-10-24)12-11-22-15-25(30(35)28(17-22)36-3)16-23-13-14-32-29(31)18-23/h13-15,17-18,24,26-27,35H,4-12,16,19H2,1-3H3,(H2,31,32). The van der Waals surface area contributed by atoms with Gasteiger partial charge in [0.2, 0.25) is 0 Å². The molecule has 1 aliphatic rings. The van der Waals surface area contributed by atoms with Gasteiger partial charge in [0.25, 0.3) is 0 Å². The molecule has 2 atom stereocenters. The summed E-state index contributed by atoms with van der Waals surface area (Å²) in [6.45, 7) is 2.85. The average molecular weight is 527 g/mol. The number of carbonyl (C=O) groups is 2. The predicted molar refractivity (Wildman–Crippen MR) is 146 cm³/mol. The summed E-state index contributed by atoms with van der Waals surface area (Å²) in [6.07, 6.45) is 11.0. The summed E-state index contributed by atoms with van der Waals surface area (Å²) < 4.78 is 17.0. The summed E-state index contributed by atoms with van der Waals surface area (Å²) in [4.78, 5) is 28.0. The second kappa shape index (κ2) is 14.6. The highest BCUT2D eigenvalue weighted by atomic mass is 16.6. The van der Waals surface area contributed by atoms with E-state index in [9.17, 15) is 14.7 Å². The van der Waals surface area contributed by atoms with Crippen molar-refractivity contribution in [1.82, 2.24) is 4.98 Å². The molecular weight excluding hydrogens is 484 g/mol. The highest BCUT2D eigenvalue weighted by Gasteiger charge is 2.29. The number of hydrogen-bond acceptors (Lipinski definition) is 8. The molecule has 1 aliphatic carbocycles. The number of hydrogen-bond donors (Lipinski definition) is 2. The Kier molecular flexibility index (Phi) is 11.2. The van der Waals surface area contributed by atoms with Gasteiger partial charge in [0, 0.05) is 38.4 Å². The number of carbonyl (C=O) groups excluding carboxylic acids is 2. The van der Waals surface area contributed by atoms with Crippen LogP contribution in [0.1, 0.15) is 88.3 Å². The van der Waals surface area contributed by atoms with Crippen molar-refractivity contribution in [2.75, 3.05) is 12.8 Å². The van der Waals surface area contributed by atoms with Crippen molar-refractivity contribution < 1.29 is 28.9 Å². The number of anilines is 1. The van der Waals surface area contributed by atoms with Crippen molar-refractivity contribution in [2.45, 2.75) is 96.7 Å². The number of aromatic hydroxyl groups is 1. The first-order chi connectivity index (χ1) is 18.2. The number of phenols is 1. The van der Waals surface area contributed by atoms with Crippen LogP contribution in [0.15, 0.2) is 30.5 Å². The van der Waals surface area contributed by atoms with Crippen molar-refractivity contribution >= 4 is 17.8 Å². The molecule has 38 heavy (non-hydrogen) atoms. The normalized spacial score (nSPS) is 16.1. The van der Waals surface area contributed by atoms with Crippen LogP contribution in [-0.2, 0) is 31.9 Å². The van der Waals surface area contributed by atoms with E-state index in [4.69, 9.17) is 19.9 Å². The smallest absolute Gasteiger partial charge is 0.302 e. The van der Waals surface area contributed by atoms with E-state index in [0.29, 0.717) is 42.8 Å². The van der Waals surface area contributed by atoms with Crippen LogP contribution in [0.2, 0.25) is 0 Å². The van der Waals surface area contributed by atoms with Gasteiger partial charge in [-0.25, -0.2) is 4.98 Å². The SMILES string of the molecule is COc1cc(CCC(CC(OC(C)=O)C2CCCCCCC2)OC(C)=O)cc(Cc2ccnc(N)c2)c1O. The van der Waals surface area contributed by atoms with Crippen molar-refractivity contribution in [2.24, 2.45) is 5.92 Å². The van der Waals surface area contributed by atoms with Crippen LogP contribution in [-0.4, -0.2) is 41.3 Å². The molecule has 1 heterocycles. The van der Waals surface area contributed by atoms with Crippen LogP contribution < -0.4 is 10.5 Å². The van der Waals surface area contributed by atoms with E-state index in [0.717, 1.165) is 36.8 Å². The van der Waals surface area contributed by atoms with E-state index < -0.39 is 6.10 Å². The molecule has 1 saturated carbocycles. The van der Waals surface area contributed by atoms with Crippen LogP contribution in [0.5, 0.6) is 11.5 Å². The summed E-state index contributed by atoms with van der Waals surface area (Å²) >= 11 is 0. The van der Waals surface area contributed by atoms with E-state index >= 15 is 0 Å². The van der Waals surface area contributed by atoms with Crippen LogP contribution in [0.25, 0.3) is 0 Å². The van der Waals surface area contributed by atoms with Gasteiger partial charge >= 0.3 is 11.9 Å². The lowest BCUT2D eigenvalue weighted by Crippen LogP contribution is -2.33. The molecule has 2 aromatic rings. The Labute approximate surface area is 225 Å². The van der Waals surface area contributed by atoms with Crippen molar-refractivity contribution in [1.29, 1.82) is 0 Å². The molecule has 2 unspecified atom stereocenters. The fourth-order valence-corrected chi connectivity index (χ4v) is 5.44. The molecule has 0 spiro atoms. The molecule has 0 amide bonds. The largest absolute Gasteiger partial charge is 0.504 e. The number of nitrogens with zero attached hydrogens (tertiary/aromatic N) is 1. The average Bonchev–Trinajstić information content (AvgIpc) is 2.83. The highest BCUT2D eigenvalue weighted by molar-refractivity contribution is 5.66. The molecule has 1 aromatic heterocycles. The molecule has 3 rings (SSSR count). The summed E-state index contributed by atoms with van der Waals surface area (Å²) in [7, 11) is 1.52. The zero-order valence-corrected chi connectivity index (χ0v) is 22.9. The molecule has 1 aromatic carbocycles. The van der Waals surface area contributed by atoms with Gasteiger partial charge in [-0.15, -0.1) is 0 Å². The van der Waals surface area contributed by atoms with Crippen LogP contribution in [0, 0.1) is 5.92 Å². The molecule has 8 nitrogen and oxygen atoms in total. The fraction of sp³-hybridized carbons (Fsp3) is 0.567. The van der Waals surface area contributed by atoms with E-state index in [1.165, 1.54) is 40.2 Å². The third-order valence-corrected chi connectivity index (χ3v) is 7.25. The summed E-state index contributed by atoms with van der Waals surface area (Å²) in [5, 5.41) is 10.7. The summed E-state index contributed by atoms with van der Waals surface area (Å²) in [5.41, 5.74) is 8.41. The van der Waals surface area contributed by atoms with Gasteiger partial charge in [0.1, 0.15) is 18.0 Å². The molecule has 3 N–H and O–H groups in total. The van der Waals surface area contributed by atoms with Crippen molar-refractivity contribution in [3.8, 4) is 11.5 Å². The number of ether oxygens (including phenoxy) is 3. The first-order valence-corrected chi connectivity index (χ1v) is 13.7. The maximum Gasteiger partial charge on any atom is 0.302 e. The summed E-state index contributed by atoms with van der Waals surface area (Å²) in [5.74, 6) is 0.501. The monoisotopic (exact) mass is 526 g/mol.